The summed E-state index contributed by atoms with van der Waals surface area (Å²) in [6.07, 6.45) is -0.607. The molecular weight excluding hydrogens is 161 g/mol. The second-order valence-corrected chi connectivity index (χ2v) is 3.20. The summed E-state index contributed by atoms with van der Waals surface area (Å²) in [5, 5.41) is 0. The van der Waals surface area contributed by atoms with Crippen molar-refractivity contribution in [2.45, 2.75) is 12.6 Å². The SMILES string of the molecule is COC(=O)C1CN(C)CCC1F. The van der Waals surface area contributed by atoms with Gasteiger partial charge in [0.05, 0.1) is 7.11 Å². The Hall–Kier alpha value is -0.640. The molecule has 1 aliphatic rings. The predicted molar refractivity (Wildman–Crippen MR) is 42.5 cm³/mol. The van der Waals surface area contributed by atoms with Gasteiger partial charge in [0.1, 0.15) is 12.1 Å². The highest BCUT2D eigenvalue weighted by Gasteiger charge is 2.33. The van der Waals surface area contributed by atoms with Gasteiger partial charge in [0.25, 0.3) is 0 Å². The summed E-state index contributed by atoms with van der Waals surface area (Å²) in [4.78, 5) is 13.0. The van der Waals surface area contributed by atoms with E-state index in [1.165, 1.54) is 7.11 Å². The van der Waals surface area contributed by atoms with Gasteiger partial charge in [0.15, 0.2) is 0 Å². The number of hydrogen-bond acceptors (Lipinski definition) is 3. The highest BCUT2D eigenvalue weighted by atomic mass is 19.1. The van der Waals surface area contributed by atoms with E-state index in [1.807, 2.05) is 11.9 Å². The van der Waals surface area contributed by atoms with Crippen molar-refractivity contribution in [2.75, 3.05) is 27.2 Å². The maximum Gasteiger partial charge on any atom is 0.312 e. The van der Waals surface area contributed by atoms with E-state index in [1.54, 1.807) is 0 Å². The first-order valence-corrected chi connectivity index (χ1v) is 4.05. The molecule has 0 N–H and O–H groups in total. The van der Waals surface area contributed by atoms with Crippen molar-refractivity contribution in [2.24, 2.45) is 5.92 Å². The largest absolute Gasteiger partial charge is 0.469 e. The first-order chi connectivity index (χ1) is 5.65. The normalized spacial score (nSPS) is 31.6. The van der Waals surface area contributed by atoms with Crippen molar-refractivity contribution in [3.63, 3.8) is 0 Å². The number of ether oxygens (including phenoxy) is 1. The molecule has 0 spiro atoms. The van der Waals surface area contributed by atoms with Gasteiger partial charge in [-0.2, -0.15) is 0 Å². The Morgan fingerprint density at radius 1 is 1.67 bits per heavy atom. The molecule has 2 atom stereocenters. The molecule has 0 bridgehead atoms. The third kappa shape index (κ3) is 1.94. The number of piperidine rings is 1. The van der Waals surface area contributed by atoms with Crippen LogP contribution >= 0.6 is 0 Å². The number of esters is 1. The van der Waals surface area contributed by atoms with Gasteiger partial charge in [-0.1, -0.05) is 0 Å². The second-order valence-electron chi connectivity index (χ2n) is 3.20. The Morgan fingerprint density at radius 3 is 2.92 bits per heavy atom. The van der Waals surface area contributed by atoms with Crippen LogP contribution in [0.25, 0.3) is 0 Å². The van der Waals surface area contributed by atoms with Crippen LogP contribution in [-0.4, -0.2) is 44.3 Å². The molecule has 0 amide bonds. The number of carbonyl (C=O) groups excluding carboxylic acids is 1. The number of methoxy groups -OCH3 is 1. The molecule has 0 saturated carbocycles. The van der Waals surface area contributed by atoms with Gasteiger partial charge in [-0.15, -0.1) is 0 Å². The second kappa shape index (κ2) is 3.85. The van der Waals surface area contributed by atoms with Crippen LogP contribution < -0.4 is 0 Å². The lowest BCUT2D eigenvalue weighted by molar-refractivity contribution is -0.150. The fraction of sp³-hybridized carbons (Fsp3) is 0.875. The van der Waals surface area contributed by atoms with E-state index in [0.29, 0.717) is 19.5 Å². The quantitative estimate of drug-likeness (QED) is 0.542. The summed E-state index contributed by atoms with van der Waals surface area (Å²) >= 11 is 0. The van der Waals surface area contributed by atoms with Gasteiger partial charge >= 0.3 is 5.97 Å². The Balaban J connectivity index is 2.54. The number of hydrogen-bond donors (Lipinski definition) is 0. The lowest BCUT2D eigenvalue weighted by atomic mass is 9.96. The van der Waals surface area contributed by atoms with E-state index >= 15 is 0 Å². The molecule has 70 valence electrons. The minimum Gasteiger partial charge on any atom is -0.469 e. The zero-order chi connectivity index (χ0) is 9.14. The van der Waals surface area contributed by atoms with E-state index in [0.717, 1.165) is 0 Å². The molecule has 0 aromatic heterocycles. The third-order valence-corrected chi connectivity index (χ3v) is 2.24. The maximum absolute atomic E-state index is 13.1. The Kier molecular flexibility index (Phi) is 3.03. The molecule has 0 radical (unpaired) electrons. The zero-order valence-electron chi connectivity index (χ0n) is 7.42. The number of carbonyl (C=O) groups is 1. The first-order valence-electron chi connectivity index (χ1n) is 4.05. The minimum atomic E-state index is -1.03. The minimum absolute atomic E-state index is 0.427. The van der Waals surface area contributed by atoms with Crippen LogP contribution in [0.3, 0.4) is 0 Å². The van der Waals surface area contributed by atoms with Gasteiger partial charge in [-0.05, 0) is 13.5 Å². The van der Waals surface area contributed by atoms with Crippen LogP contribution in [0, 0.1) is 5.92 Å². The van der Waals surface area contributed by atoms with E-state index in [2.05, 4.69) is 4.74 Å². The summed E-state index contributed by atoms with van der Waals surface area (Å²) in [5.41, 5.74) is 0. The molecule has 2 unspecified atom stereocenters. The fourth-order valence-corrected chi connectivity index (χ4v) is 1.46. The number of alkyl halides is 1. The van der Waals surface area contributed by atoms with Crippen LogP contribution in [0.5, 0.6) is 0 Å². The molecule has 1 rings (SSSR count). The maximum atomic E-state index is 13.1. The van der Waals surface area contributed by atoms with E-state index in [9.17, 15) is 9.18 Å². The molecule has 0 aromatic carbocycles. The van der Waals surface area contributed by atoms with Crippen LogP contribution in [0.15, 0.2) is 0 Å². The van der Waals surface area contributed by atoms with E-state index in [-0.39, 0.29) is 0 Å². The number of nitrogens with zero attached hydrogens (tertiary/aromatic N) is 1. The van der Waals surface area contributed by atoms with Crippen molar-refractivity contribution in [1.82, 2.24) is 4.90 Å². The summed E-state index contributed by atoms with van der Waals surface area (Å²) in [6.45, 7) is 1.18. The lowest BCUT2D eigenvalue weighted by Gasteiger charge is -2.30. The lowest BCUT2D eigenvalue weighted by Crippen LogP contribution is -2.43. The fourth-order valence-electron chi connectivity index (χ4n) is 1.46. The summed E-state index contributed by atoms with van der Waals surface area (Å²) in [6, 6.07) is 0. The third-order valence-electron chi connectivity index (χ3n) is 2.24. The van der Waals surface area contributed by atoms with Gasteiger partial charge < -0.3 is 9.64 Å². The molecule has 1 saturated heterocycles. The van der Waals surface area contributed by atoms with Gasteiger partial charge in [-0.25, -0.2) is 4.39 Å². The summed E-state index contributed by atoms with van der Waals surface area (Å²) in [7, 11) is 3.17. The van der Waals surface area contributed by atoms with Crippen LogP contribution in [0.1, 0.15) is 6.42 Å². The summed E-state index contributed by atoms with van der Waals surface area (Å²) in [5.74, 6) is -1.03. The molecule has 0 aliphatic carbocycles. The standard InChI is InChI=1S/C8H14FNO2/c1-10-4-3-7(9)6(5-10)8(11)12-2/h6-7H,3-5H2,1-2H3. The number of likely N-dealkylation sites (tertiary alicyclic amines) is 1. The average Bonchev–Trinajstić information content (AvgIpc) is 2.08. The summed E-state index contributed by atoms with van der Waals surface area (Å²) < 4.78 is 17.6. The molecular formula is C8H14FNO2. The Bertz CT molecular complexity index is 174. The van der Waals surface area contributed by atoms with E-state index in [4.69, 9.17) is 0 Å². The van der Waals surface area contributed by atoms with Crippen molar-refractivity contribution in [1.29, 1.82) is 0 Å². The smallest absolute Gasteiger partial charge is 0.312 e. The Morgan fingerprint density at radius 2 is 2.33 bits per heavy atom. The average molecular weight is 175 g/mol. The zero-order valence-corrected chi connectivity index (χ0v) is 7.42. The number of rotatable bonds is 1. The molecule has 12 heavy (non-hydrogen) atoms. The molecule has 3 nitrogen and oxygen atoms in total. The topological polar surface area (TPSA) is 29.5 Å². The van der Waals surface area contributed by atoms with Crippen molar-refractivity contribution < 1.29 is 13.9 Å². The molecule has 1 heterocycles. The molecule has 0 aromatic rings. The van der Waals surface area contributed by atoms with Gasteiger partial charge in [-0.3, -0.25) is 4.79 Å². The van der Waals surface area contributed by atoms with Crippen LogP contribution in [0.4, 0.5) is 4.39 Å². The highest BCUT2D eigenvalue weighted by molar-refractivity contribution is 5.73. The predicted octanol–water partition coefficient (Wildman–Crippen LogP) is 0.449. The molecule has 4 heteroatoms. The van der Waals surface area contributed by atoms with Crippen molar-refractivity contribution in [3.8, 4) is 0 Å². The van der Waals surface area contributed by atoms with Crippen molar-refractivity contribution in [3.05, 3.63) is 0 Å². The molecule has 1 aliphatic heterocycles. The van der Waals surface area contributed by atoms with E-state index < -0.39 is 18.1 Å². The molecule has 1 fully saturated rings. The van der Waals surface area contributed by atoms with Crippen molar-refractivity contribution >= 4 is 5.97 Å². The van der Waals surface area contributed by atoms with Crippen LogP contribution in [0.2, 0.25) is 0 Å². The van der Waals surface area contributed by atoms with Gasteiger partial charge in [0.2, 0.25) is 0 Å². The first kappa shape index (κ1) is 9.45. The van der Waals surface area contributed by atoms with Crippen LogP contribution in [-0.2, 0) is 9.53 Å². The Labute approximate surface area is 71.5 Å². The van der Waals surface area contributed by atoms with Gasteiger partial charge in [0, 0.05) is 13.1 Å². The monoisotopic (exact) mass is 175 g/mol. The highest BCUT2D eigenvalue weighted by Crippen LogP contribution is 2.20. The number of halogens is 1.